The third-order valence-corrected chi connectivity index (χ3v) is 5.99. The van der Waals surface area contributed by atoms with Crippen LogP contribution in [0.5, 0.6) is 5.75 Å². The fraction of sp³-hybridized carbons (Fsp3) is 0.556. The normalized spacial score (nSPS) is 29.7. The Kier molecular flexibility index (Phi) is 3.90. The van der Waals surface area contributed by atoms with E-state index in [4.69, 9.17) is 4.74 Å². The molecule has 1 amide bonds. The molecule has 0 aliphatic heterocycles. The first kappa shape index (κ1) is 16.0. The molecule has 0 saturated heterocycles. The number of nitrogens with zero attached hydrogens (tertiary/aromatic N) is 1. The molecule has 0 spiro atoms. The van der Waals surface area contributed by atoms with Crippen molar-refractivity contribution < 1.29 is 13.9 Å². The highest BCUT2D eigenvalue weighted by atomic mass is 19.1. The van der Waals surface area contributed by atoms with E-state index in [9.17, 15) is 9.18 Å². The summed E-state index contributed by atoms with van der Waals surface area (Å²) in [4.78, 5) is 11.9. The molecule has 1 N–H and O–H groups in total. The van der Waals surface area contributed by atoms with Crippen molar-refractivity contribution in [2.45, 2.75) is 40.0 Å². The lowest BCUT2D eigenvalue weighted by Crippen LogP contribution is -2.35. The molecule has 0 heterocycles. The van der Waals surface area contributed by atoms with Gasteiger partial charge in [-0.1, -0.05) is 26.8 Å². The average Bonchev–Trinajstić information content (AvgIpc) is 2.84. The molecule has 0 unspecified atom stereocenters. The smallest absolute Gasteiger partial charge is 0.277 e. The highest BCUT2D eigenvalue weighted by Gasteiger charge is 2.59. The van der Waals surface area contributed by atoms with Crippen LogP contribution in [-0.2, 0) is 4.79 Å². The van der Waals surface area contributed by atoms with Crippen LogP contribution in [0.3, 0.4) is 0 Å². The second kappa shape index (κ2) is 5.62. The van der Waals surface area contributed by atoms with Gasteiger partial charge < -0.3 is 4.74 Å². The predicted molar refractivity (Wildman–Crippen MR) is 86.7 cm³/mol. The molecule has 2 aliphatic rings. The molecule has 1 aromatic carbocycles. The first-order chi connectivity index (χ1) is 10.8. The summed E-state index contributed by atoms with van der Waals surface area (Å²) in [6, 6.07) is 5.73. The van der Waals surface area contributed by atoms with Gasteiger partial charge >= 0.3 is 0 Å². The van der Waals surface area contributed by atoms with Crippen LogP contribution >= 0.6 is 0 Å². The molecular weight excluding hydrogens is 295 g/mol. The van der Waals surface area contributed by atoms with Crippen LogP contribution in [-0.4, -0.2) is 18.2 Å². The van der Waals surface area contributed by atoms with Crippen molar-refractivity contribution in [3.05, 3.63) is 30.1 Å². The molecule has 2 fully saturated rings. The highest BCUT2D eigenvalue weighted by Crippen LogP contribution is 2.63. The second-order valence-corrected chi connectivity index (χ2v) is 7.33. The van der Waals surface area contributed by atoms with Crippen molar-refractivity contribution >= 4 is 11.6 Å². The lowest BCUT2D eigenvalue weighted by Gasteiger charge is -2.34. The summed E-state index contributed by atoms with van der Waals surface area (Å²) in [5.41, 5.74) is 3.96. The molecule has 23 heavy (non-hydrogen) atoms. The van der Waals surface area contributed by atoms with E-state index in [0.717, 1.165) is 18.6 Å². The van der Waals surface area contributed by atoms with E-state index in [1.807, 2.05) is 0 Å². The molecule has 124 valence electrons. The number of hydrogen-bond donors (Lipinski definition) is 1. The van der Waals surface area contributed by atoms with Crippen molar-refractivity contribution in [2.75, 3.05) is 6.61 Å². The monoisotopic (exact) mass is 318 g/mol. The molecule has 0 radical (unpaired) electrons. The Morgan fingerprint density at radius 1 is 1.43 bits per heavy atom. The first-order valence-corrected chi connectivity index (χ1v) is 8.07. The summed E-state index contributed by atoms with van der Waals surface area (Å²) >= 11 is 0. The Balaban J connectivity index is 1.57. The number of carbonyl (C=O) groups excluding carboxylic acids is 1. The van der Waals surface area contributed by atoms with Crippen LogP contribution in [0.2, 0.25) is 0 Å². The van der Waals surface area contributed by atoms with E-state index < -0.39 is 0 Å². The Hall–Kier alpha value is -1.91. The van der Waals surface area contributed by atoms with Gasteiger partial charge in [-0.05, 0) is 42.7 Å². The minimum absolute atomic E-state index is 0.0639. The van der Waals surface area contributed by atoms with Crippen molar-refractivity contribution in [1.82, 2.24) is 5.43 Å². The number of fused-ring (bicyclic) bond motifs is 2. The molecule has 2 aliphatic carbocycles. The number of nitrogens with one attached hydrogen (secondary N) is 1. The van der Waals surface area contributed by atoms with E-state index >= 15 is 0 Å². The summed E-state index contributed by atoms with van der Waals surface area (Å²) < 4.78 is 18.3. The molecule has 5 heteroatoms. The SMILES string of the molecule is CC1(C)[C@H]2CC[C@@]1(C)/C(=N/NC(=O)COc1cccc(F)c1)C2. The fourth-order valence-electron chi connectivity index (χ4n) is 3.97. The van der Waals surface area contributed by atoms with Crippen LogP contribution in [0.15, 0.2) is 29.4 Å². The van der Waals surface area contributed by atoms with E-state index in [0.29, 0.717) is 11.7 Å². The lowest BCUT2D eigenvalue weighted by molar-refractivity contribution is -0.123. The van der Waals surface area contributed by atoms with E-state index in [-0.39, 0.29) is 29.2 Å². The van der Waals surface area contributed by atoms with Gasteiger partial charge in [0.15, 0.2) is 6.61 Å². The zero-order valence-corrected chi connectivity index (χ0v) is 13.9. The third kappa shape index (κ3) is 2.73. The Morgan fingerprint density at radius 2 is 2.22 bits per heavy atom. The van der Waals surface area contributed by atoms with Crippen LogP contribution in [0, 0.1) is 22.6 Å². The lowest BCUT2D eigenvalue weighted by atomic mass is 9.70. The number of rotatable bonds is 4. The maximum Gasteiger partial charge on any atom is 0.277 e. The minimum atomic E-state index is -0.389. The van der Waals surface area contributed by atoms with E-state index in [2.05, 4.69) is 31.3 Å². The Morgan fingerprint density at radius 3 is 2.83 bits per heavy atom. The summed E-state index contributed by atoms with van der Waals surface area (Å²) in [6.45, 7) is 6.65. The van der Waals surface area contributed by atoms with E-state index in [1.165, 1.54) is 18.6 Å². The van der Waals surface area contributed by atoms with Gasteiger partial charge in [0, 0.05) is 17.2 Å². The minimum Gasteiger partial charge on any atom is -0.484 e. The number of amides is 1. The van der Waals surface area contributed by atoms with Crippen molar-refractivity contribution in [2.24, 2.45) is 21.8 Å². The van der Waals surface area contributed by atoms with Crippen LogP contribution in [0.1, 0.15) is 40.0 Å². The molecule has 2 saturated carbocycles. The Bertz CT molecular complexity index is 656. The zero-order chi connectivity index (χ0) is 16.7. The van der Waals surface area contributed by atoms with Crippen molar-refractivity contribution in [1.29, 1.82) is 0 Å². The van der Waals surface area contributed by atoms with Crippen molar-refractivity contribution in [3.63, 3.8) is 0 Å². The molecular formula is C18H23FN2O2. The largest absolute Gasteiger partial charge is 0.484 e. The van der Waals surface area contributed by atoms with Gasteiger partial charge in [-0.25, -0.2) is 9.82 Å². The van der Waals surface area contributed by atoms with Gasteiger partial charge in [-0.3, -0.25) is 4.79 Å². The van der Waals surface area contributed by atoms with Gasteiger partial charge in [0.1, 0.15) is 11.6 Å². The van der Waals surface area contributed by atoms with Gasteiger partial charge in [0.2, 0.25) is 0 Å². The average molecular weight is 318 g/mol. The van der Waals surface area contributed by atoms with Crippen molar-refractivity contribution in [3.8, 4) is 5.75 Å². The maximum atomic E-state index is 13.0. The van der Waals surface area contributed by atoms with Gasteiger partial charge in [-0.15, -0.1) is 0 Å². The number of ether oxygens (including phenoxy) is 1. The third-order valence-electron chi connectivity index (χ3n) is 5.99. The molecule has 4 nitrogen and oxygen atoms in total. The highest BCUT2D eigenvalue weighted by molar-refractivity contribution is 5.95. The summed E-state index contributed by atoms with van der Waals surface area (Å²) in [5.74, 6) is 0.263. The number of hydrazone groups is 1. The molecule has 2 atom stereocenters. The molecule has 2 bridgehead atoms. The number of benzene rings is 1. The summed E-state index contributed by atoms with van der Waals surface area (Å²) in [6.07, 6.45) is 3.31. The van der Waals surface area contributed by atoms with Crippen LogP contribution < -0.4 is 10.2 Å². The maximum absolute atomic E-state index is 13.0. The second-order valence-electron chi connectivity index (χ2n) is 7.33. The summed E-state index contributed by atoms with van der Waals surface area (Å²) in [7, 11) is 0. The van der Waals surface area contributed by atoms with Gasteiger partial charge in [-0.2, -0.15) is 5.10 Å². The van der Waals surface area contributed by atoms with Gasteiger partial charge in [0.05, 0.1) is 0 Å². The van der Waals surface area contributed by atoms with Gasteiger partial charge in [0.25, 0.3) is 5.91 Å². The Labute approximate surface area is 136 Å². The predicted octanol–water partition coefficient (Wildman–Crippen LogP) is 3.52. The fourth-order valence-corrected chi connectivity index (χ4v) is 3.97. The van der Waals surface area contributed by atoms with Crippen LogP contribution in [0.4, 0.5) is 4.39 Å². The number of hydrogen-bond acceptors (Lipinski definition) is 3. The molecule has 3 rings (SSSR count). The molecule has 1 aromatic rings. The van der Waals surface area contributed by atoms with Crippen LogP contribution in [0.25, 0.3) is 0 Å². The quantitative estimate of drug-likeness (QED) is 0.864. The zero-order valence-electron chi connectivity index (χ0n) is 13.9. The number of carbonyl (C=O) groups is 1. The topological polar surface area (TPSA) is 50.7 Å². The number of halogens is 1. The first-order valence-electron chi connectivity index (χ1n) is 8.07. The summed E-state index contributed by atoms with van der Waals surface area (Å²) in [5, 5.41) is 4.37. The standard InChI is InChI=1S/C18H23FN2O2/c1-17(2)12-7-8-18(17,3)15(9-12)20-21-16(22)11-23-14-6-4-5-13(19)10-14/h4-6,10,12H,7-9,11H2,1-3H3,(H,21,22)/b20-15+/t12-,18-/m0/s1. The van der Waals surface area contributed by atoms with E-state index in [1.54, 1.807) is 12.1 Å². The molecule has 0 aromatic heterocycles.